The quantitative estimate of drug-likeness (QED) is 0.913. The van der Waals surface area contributed by atoms with E-state index in [0.29, 0.717) is 23.9 Å². The predicted molar refractivity (Wildman–Crippen MR) is 96.4 cm³/mol. The molecule has 1 N–H and O–H groups in total. The Morgan fingerprint density at radius 3 is 2.69 bits per heavy atom. The van der Waals surface area contributed by atoms with Crippen molar-refractivity contribution in [2.24, 2.45) is 5.41 Å². The van der Waals surface area contributed by atoms with Crippen LogP contribution in [-0.2, 0) is 4.79 Å². The third-order valence-electron chi connectivity index (χ3n) is 5.00. The van der Waals surface area contributed by atoms with Gasteiger partial charge in [0.05, 0.1) is 14.2 Å². The summed E-state index contributed by atoms with van der Waals surface area (Å²) in [6.45, 7) is 4.22. The lowest BCUT2D eigenvalue weighted by molar-refractivity contribution is -0.118. The number of carbonyl (C=O) groups is 1. The van der Waals surface area contributed by atoms with E-state index in [2.05, 4.69) is 29.2 Å². The number of allylic oxidation sites excluding steroid dienone is 2. The number of Topliss-reactive ketones (excluding diaryl/α,β-unsaturated/α-hetero) is 1. The fourth-order valence-corrected chi connectivity index (χ4v) is 3.88. The van der Waals surface area contributed by atoms with Crippen molar-refractivity contribution in [3.8, 4) is 11.5 Å². The van der Waals surface area contributed by atoms with Gasteiger partial charge in [-0.1, -0.05) is 19.9 Å². The molecule has 0 saturated carbocycles. The van der Waals surface area contributed by atoms with Gasteiger partial charge in [0.1, 0.15) is 12.4 Å². The second kappa shape index (κ2) is 5.86. The van der Waals surface area contributed by atoms with Crippen molar-refractivity contribution in [3.05, 3.63) is 41.4 Å². The first kappa shape index (κ1) is 16.6. The van der Waals surface area contributed by atoms with Crippen LogP contribution in [0.4, 0.5) is 5.95 Å². The summed E-state index contributed by atoms with van der Waals surface area (Å²) in [6.07, 6.45) is 2.82. The van der Waals surface area contributed by atoms with Crippen LogP contribution >= 0.6 is 0 Å². The average molecular weight is 354 g/mol. The summed E-state index contributed by atoms with van der Waals surface area (Å²) in [4.78, 5) is 17.3. The largest absolute Gasteiger partial charge is 0.493 e. The average Bonchev–Trinajstić information content (AvgIpc) is 3.06. The highest BCUT2D eigenvalue weighted by Gasteiger charge is 2.41. The highest BCUT2D eigenvalue weighted by Crippen LogP contribution is 2.46. The number of anilines is 1. The van der Waals surface area contributed by atoms with Crippen LogP contribution < -0.4 is 14.8 Å². The molecule has 0 radical (unpaired) electrons. The van der Waals surface area contributed by atoms with E-state index < -0.39 is 0 Å². The smallest absolute Gasteiger partial charge is 0.226 e. The molecule has 4 rings (SSSR count). The summed E-state index contributed by atoms with van der Waals surface area (Å²) >= 11 is 0. The molecule has 0 bridgehead atoms. The third-order valence-corrected chi connectivity index (χ3v) is 5.00. The molecule has 0 saturated heterocycles. The number of hydrogen-bond donors (Lipinski definition) is 1. The zero-order chi connectivity index (χ0) is 18.5. The van der Waals surface area contributed by atoms with Crippen LogP contribution in [0.1, 0.15) is 38.3 Å². The van der Waals surface area contributed by atoms with Gasteiger partial charge in [-0.15, -0.1) is 0 Å². The maximum Gasteiger partial charge on any atom is 0.226 e. The number of fused-ring (bicyclic) bond motifs is 1. The van der Waals surface area contributed by atoms with E-state index >= 15 is 0 Å². The number of ketones is 1. The van der Waals surface area contributed by atoms with Crippen molar-refractivity contribution < 1.29 is 14.3 Å². The Morgan fingerprint density at radius 2 is 1.96 bits per heavy atom. The maximum absolute atomic E-state index is 13.0. The first-order chi connectivity index (χ1) is 12.4. The van der Waals surface area contributed by atoms with Crippen molar-refractivity contribution in [2.75, 3.05) is 19.5 Å². The number of aromatic nitrogens is 3. The normalized spacial score (nSPS) is 20.9. The van der Waals surface area contributed by atoms with Crippen molar-refractivity contribution in [1.29, 1.82) is 0 Å². The second-order valence-electron chi connectivity index (χ2n) is 7.50. The van der Waals surface area contributed by atoms with E-state index in [0.717, 1.165) is 23.3 Å². The van der Waals surface area contributed by atoms with Crippen LogP contribution in [0.2, 0.25) is 0 Å². The van der Waals surface area contributed by atoms with Gasteiger partial charge in [-0.3, -0.25) is 4.79 Å². The van der Waals surface area contributed by atoms with E-state index in [1.165, 1.54) is 6.33 Å². The highest BCUT2D eigenvalue weighted by atomic mass is 16.5. The highest BCUT2D eigenvalue weighted by molar-refractivity contribution is 6.00. The Labute approximate surface area is 152 Å². The number of ether oxygens (including phenoxy) is 2. The van der Waals surface area contributed by atoms with Gasteiger partial charge in [0.25, 0.3) is 0 Å². The molecule has 1 aromatic carbocycles. The van der Waals surface area contributed by atoms with Gasteiger partial charge >= 0.3 is 0 Å². The molecule has 1 atom stereocenters. The molecule has 136 valence electrons. The third kappa shape index (κ3) is 2.55. The van der Waals surface area contributed by atoms with E-state index in [4.69, 9.17) is 9.47 Å². The Kier molecular flexibility index (Phi) is 3.75. The fourth-order valence-electron chi connectivity index (χ4n) is 3.88. The van der Waals surface area contributed by atoms with Gasteiger partial charge in [-0.2, -0.15) is 10.1 Å². The molecule has 2 aromatic rings. The Hall–Kier alpha value is -2.83. The lowest BCUT2D eigenvalue weighted by Crippen LogP contribution is -2.36. The molecule has 1 aromatic heterocycles. The van der Waals surface area contributed by atoms with Crippen LogP contribution in [0.3, 0.4) is 0 Å². The second-order valence-corrected chi connectivity index (χ2v) is 7.50. The van der Waals surface area contributed by atoms with Crippen LogP contribution in [0.25, 0.3) is 0 Å². The molecule has 2 heterocycles. The molecule has 1 aliphatic carbocycles. The molecule has 1 unspecified atom stereocenters. The molecular weight excluding hydrogens is 332 g/mol. The Morgan fingerprint density at radius 1 is 1.19 bits per heavy atom. The number of nitrogens with one attached hydrogen (secondary N) is 1. The van der Waals surface area contributed by atoms with Crippen LogP contribution in [0.5, 0.6) is 11.5 Å². The molecule has 0 spiro atoms. The van der Waals surface area contributed by atoms with Gasteiger partial charge in [0.2, 0.25) is 5.95 Å². The Balaban J connectivity index is 1.89. The molecule has 2 aliphatic rings. The topological polar surface area (TPSA) is 78.3 Å². The summed E-state index contributed by atoms with van der Waals surface area (Å²) in [5.74, 6) is 2.06. The molecule has 0 amide bonds. The lowest BCUT2D eigenvalue weighted by Gasteiger charge is -2.38. The number of carbonyl (C=O) groups excluding carboxylic acids is 1. The number of benzene rings is 1. The summed E-state index contributed by atoms with van der Waals surface area (Å²) in [5.41, 5.74) is 2.53. The molecule has 0 fully saturated rings. The van der Waals surface area contributed by atoms with E-state index in [1.54, 1.807) is 18.9 Å². The summed E-state index contributed by atoms with van der Waals surface area (Å²) in [7, 11) is 3.20. The van der Waals surface area contributed by atoms with Gasteiger partial charge < -0.3 is 14.8 Å². The summed E-state index contributed by atoms with van der Waals surface area (Å²) in [5, 5.41) is 7.67. The van der Waals surface area contributed by atoms with Crippen molar-refractivity contribution in [2.45, 2.75) is 32.7 Å². The molecule has 7 nitrogen and oxygen atoms in total. The predicted octanol–water partition coefficient (Wildman–Crippen LogP) is 2.95. The Bertz CT molecular complexity index is 913. The minimum atomic E-state index is -0.327. The number of hydrogen-bond acceptors (Lipinski definition) is 6. The van der Waals surface area contributed by atoms with E-state index in [-0.39, 0.29) is 17.2 Å². The van der Waals surface area contributed by atoms with Crippen molar-refractivity contribution >= 4 is 11.7 Å². The lowest BCUT2D eigenvalue weighted by atomic mass is 9.73. The molecule has 7 heteroatoms. The van der Waals surface area contributed by atoms with E-state index in [9.17, 15) is 4.79 Å². The van der Waals surface area contributed by atoms with Gasteiger partial charge in [0.15, 0.2) is 17.3 Å². The SMILES string of the molecule is COc1ccc(C2C3=C(CC(C)(C)CC3=O)Nc3ncnn32)cc1OC. The van der Waals surface area contributed by atoms with Crippen molar-refractivity contribution in [3.63, 3.8) is 0 Å². The standard InChI is InChI=1S/C19H22N4O3/c1-19(2)8-12-16(13(24)9-19)17(23-18(22-12)20-10-21-23)11-5-6-14(25-3)15(7-11)26-4/h5-7,10,17H,8-9H2,1-4H3,(H,20,21,22). The van der Waals surface area contributed by atoms with Gasteiger partial charge in [-0.05, 0) is 29.5 Å². The fraction of sp³-hybridized carbons (Fsp3) is 0.421. The number of nitrogens with zero attached hydrogens (tertiary/aromatic N) is 3. The summed E-state index contributed by atoms with van der Waals surface area (Å²) in [6, 6.07) is 5.37. The summed E-state index contributed by atoms with van der Waals surface area (Å²) < 4.78 is 12.5. The van der Waals surface area contributed by atoms with Crippen LogP contribution in [0, 0.1) is 5.41 Å². The maximum atomic E-state index is 13.0. The molecule has 1 aliphatic heterocycles. The minimum absolute atomic E-state index is 0.0761. The van der Waals surface area contributed by atoms with Crippen molar-refractivity contribution in [1.82, 2.24) is 14.8 Å². The molecule has 26 heavy (non-hydrogen) atoms. The number of methoxy groups -OCH3 is 2. The first-order valence-corrected chi connectivity index (χ1v) is 8.58. The zero-order valence-corrected chi connectivity index (χ0v) is 15.4. The first-order valence-electron chi connectivity index (χ1n) is 8.58. The zero-order valence-electron chi connectivity index (χ0n) is 15.4. The van der Waals surface area contributed by atoms with Crippen LogP contribution in [-0.4, -0.2) is 34.8 Å². The van der Waals surface area contributed by atoms with Gasteiger partial charge in [0, 0.05) is 17.7 Å². The number of rotatable bonds is 3. The van der Waals surface area contributed by atoms with Gasteiger partial charge in [-0.25, -0.2) is 4.68 Å². The monoisotopic (exact) mass is 354 g/mol. The minimum Gasteiger partial charge on any atom is -0.493 e. The molecular formula is C19H22N4O3. The van der Waals surface area contributed by atoms with Crippen LogP contribution in [0.15, 0.2) is 35.8 Å². The van der Waals surface area contributed by atoms with E-state index in [1.807, 2.05) is 18.2 Å².